The second-order valence-electron chi connectivity index (χ2n) is 5.59. The molecule has 6 nitrogen and oxygen atoms in total. The van der Waals surface area contributed by atoms with Crippen molar-refractivity contribution in [3.8, 4) is 0 Å². The fourth-order valence-corrected chi connectivity index (χ4v) is 2.97. The smallest absolute Gasteiger partial charge is 0.305 e. The van der Waals surface area contributed by atoms with E-state index >= 15 is 0 Å². The van der Waals surface area contributed by atoms with E-state index in [9.17, 15) is 9.59 Å². The number of carboxylic acids is 1. The van der Waals surface area contributed by atoms with Crippen LogP contribution in [0.3, 0.4) is 0 Å². The number of piperidine rings is 1. The van der Waals surface area contributed by atoms with Gasteiger partial charge in [0, 0.05) is 31.7 Å². The molecule has 0 bridgehead atoms. The van der Waals surface area contributed by atoms with E-state index < -0.39 is 5.97 Å². The first-order chi connectivity index (χ1) is 9.06. The maximum absolute atomic E-state index is 12.2. The van der Waals surface area contributed by atoms with E-state index in [2.05, 4.69) is 4.90 Å². The zero-order valence-electron chi connectivity index (χ0n) is 11.3. The summed E-state index contributed by atoms with van der Waals surface area (Å²) in [6.45, 7) is 2.83. The molecular weight excluding hydrogens is 246 g/mol. The number of aliphatic carboxylic acids is 1. The van der Waals surface area contributed by atoms with Gasteiger partial charge in [-0.3, -0.25) is 14.5 Å². The van der Waals surface area contributed by atoms with Crippen molar-refractivity contribution in [3.05, 3.63) is 0 Å². The van der Waals surface area contributed by atoms with Crippen LogP contribution >= 0.6 is 0 Å². The first-order valence-corrected chi connectivity index (χ1v) is 7.05. The fourth-order valence-electron chi connectivity index (χ4n) is 2.97. The molecule has 2 heterocycles. The van der Waals surface area contributed by atoms with Gasteiger partial charge in [-0.2, -0.15) is 0 Å². The van der Waals surface area contributed by atoms with E-state index in [1.807, 2.05) is 0 Å². The largest absolute Gasteiger partial charge is 0.481 e. The van der Waals surface area contributed by atoms with Gasteiger partial charge >= 0.3 is 5.97 Å². The SMILES string of the molecule is NC1CCN(CC(=O)N2CCCC2CC(=O)O)CC1. The lowest BCUT2D eigenvalue weighted by molar-refractivity contribution is -0.140. The first kappa shape index (κ1) is 14.3. The molecule has 2 fully saturated rings. The number of amides is 1. The van der Waals surface area contributed by atoms with Crippen LogP contribution in [0.4, 0.5) is 0 Å². The van der Waals surface area contributed by atoms with E-state index in [1.165, 1.54) is 0 Å². The monoisotopic (exact) mass is 269 g/mol. The van der Waals surface area contributed by atoms with Gasteiger partial charge in [0.15, 0.2) is 0 Å². The van der Waals surface area contributed by atoms with Gasteiger partial charge < -0.3 is 15.7 Å². The molecule has 6 heteroatoms. The zero-order valence-corrected chi connectivity index (χ0v) is 11.3. The Morgan fingerprint density at radius 3 is 2.47 bits per heavy atom. The van der Waals surface area contributed by atoms with E-state index in [0.29, 0.717) is 13.1 Å². The summed E-state index contributed by atoms with van der Waals surface area (Å²) in [7, 11) is 0. The Bertz CT molecular complexity index is 340. The molecule has 2 aliphatic rings. The Balaban J connectivity index is 1.83. The molecule has 1 unspecified atom stereocenters. The summed E-state index contributed by atoms with van der Waals surface area (Å²) in [4.78, 5) is 26.9. The summed E-state index contributed by atoms with van der Waals surface area (Å²) in [5, 5.41) is 8.86. The lowest BCUT2D eigenvalue weighted by Crippen LogP contribution is -2.47. The van der Waals surface area contributed by atoms with Gasteiger partial charge in [0.2, 0.25) is 5.91 Å². The Morgan fingerprint density at radius 2 is 1.84 bits per heavy atom. The quantitative estimate of drug-likeness (QED) is 0.742. The number of likely N-dealkylation sites (tertiary alicyclic amines) is 2. The average Bonchev–Trinajstić information content (AvgIpc) is 2.79. The zero-order chi connectivity index (χ0) is 13.8. The number of rotatable bonds is 4. The third-order valence-corrected chi connectivity index (χ3v) is 4.10. The standard InChI is InChI=1S/C13H23N3O3/c14-10-3-6-15(7-4-10)9-12(17)16-5-1-2-11(16)8-13(18)19/h10-11H,1-9,14H2,(H,18,19). The van der Waals surface area contributed by atoms with Crippen LogP contribution < -0.4 is 5.73 Å². The highest BCUT2D eigenvalue weighted by Crippen LogP contribution is 2.21. The van der Waals surface area contributed by atoms with Crippen molar-refractivity contribution in [3.63, 3.8) is 0 Å². The maximum Gasteiger partial charge on any atom is 0.305 e. The number of nitrogens with two attached hydrogens (primary N) is 1. The normalized spacial score (nSPS) is 25.7. The molecule has 3 N–H and O–H groups in total. The van der Waals surface area contributed by atoms with Crippen LogP contribution in [0, 0.1) is 0 Å². The molecule has 2 saturated heterocycles. The summed E-state index contributed by atoms with van der Waals surface area (Å²) in [5.74, 6) is -0.757. The van der Waals surface area contributed by atoms with Gasteiger partial charge in [-0.15, -0.1) is 0 Å². The average molecular weight is 269 g/mol. The van der Waals surface area contributed by atoms with Crippen molar-refractivity contribution in [2.75, 3.05) is 26.2 Å². The third-order valence-electron chi connectivity index (χ3n) is 4.10. The summed E-state index contributed by atoms with van der Waals surface area (Å²) in [5.41, 5.74) is 5.84. The minimum absolute atomic E-state index is 0.0661. The topological polar surface area (TPSA) is 86.9 Å². The molecule has 0 saturated carbocycles. The van der Waals surface area contributed by atoms with Gasteiger partial charge in [0.1, 0.15) is 0 Å². The molecule has 2 rings (SSSR count). The molecule has 0 aromatic rings. The second kappa shape index (κ2) is 6.34. The van der Waals surface area contributed by atoms with Crippen LogP contribution in [-0.2, 0) is 9.59 Å². The Labute approximate surface area is 113 Å². The molecule has 0 aromatic heterocycles. The molecule has 0 aliphatic carbocycles. The number of hydrogen-bond acceptors (Lipinski definition) is 4. The highest BCUT2D eigenvalue weighted by molar-refractivity contribution is 5.79. The van der Waals surface area contributed by atoms with Gasteiger partial charge in [-0.25, -0.2) is 0 Å². The summed E-state index contributed by atoms with van der Waals surface area (Å²) < 4.78 is 0. The molecule has 0 radical (unpaired) electrons. The fraction of sp³-hybridized carbons (Fsp3) is 0.846. The van der Waals surface area contributed by atoms with Gasteiger partial charge in [0.05, 0.1) is 13.0 Å². The van der Waals surface area contributed by atoms with Gasteiger partial charge in [-0.05, 0) is 25.7 Å². The number of nitrogens with zero attached hydrogens (tertiary/aromatic N) is 2. The van der Waals surface area contributed by atoms with E-state index in [-0.39, 0.29) is 24.4 Å². The van der Waals surface area contributed by atoms with Gasteiger partial charge in [-0.1, -0.05) is 0 Å². The molecule has 1 amide bonds. The van der Waals surface area contributed by atoms with E-state index in [0.717, 1.165) is 38.8 Å². The van der Waals surface area contributed by atoms with Crippen molar-refractivity contribution in [1.82, 2.24) is 9.80 Å². The van der Waals surface area contributed by atoms with Crippen molar-refractivity contribution in [2.45, 2.75) is 44.2 Å². The minimum Gasteiger partial charge on any atom is -0.481 e. The second-order valence-corrected chi connectivity index (χ2v) is 5.59. The van der Waals surface area contributed by atoms with Crippen molar-refractivity contribution >= 4 is 11.9 Å². The first-order valence-electron chi connectivity index (χ1n) is 7.05. The summed E-state index contributed by atoms with van der Waals surface area (Å²) in [6, 6.07) is 0.148. The lowest BCUT2D eigenvalue weighted by Gasteiger charge is -2.32. The molecule has 0 spiro atoms. The molecule has 108 valence electrons. The molecule has 19 heavy (non-hydrogen) atoms. The van der Waals surface area contributed by atoms with Crippen molar-refractivity contribution < 1.29 is 14.7 Å². The number of carbonyl (C=O) groups is 2. The Kier molecular flexibility index (Phi) is 4.76. The van der Waals surface area contributed by atoms with Crippen LogP contribution in [0.25, 0.3) is 0 Å². The number of carboxylic acid groups (broad SMARTS) is 1. The summed E-state index contributed by atoms with van der Waals surface area (Å²) in [6.07, 6.45) is 3.66. The molecular formula is C13H23N3O3. The molecule has 0 aromatic carbocycles. The predicted octanol–water partition coefficient (Wildman–Crippen LogP) is -0.125. The van der Waals surface area contributed by atoms with Gasteiger partial charge in [0.25, 0.3) is 0 Å². The highest BCUT2D eigenvalue weighted by atomic mass is 16.4. The predicted molar refractivity (Wildman–Crippen MR) is 70.6 cm³/mol. The van der Waals surface area contributed by atoms with Crippen LogP contribution in [-0.4, -0.2) is 65.0 Å². The maximum atomic E-state index is 12.2. The third kappa shape index (κ3) is 3.91. The van der Waals surface area contributed by atoms with Crippen LogP contribution in [0.5, 0.6) is 0 Å². The lowest BCUT2D eigenvalue weighted by atomic mass is 10.1. The Morgan fingerprint density at radius 1 is 1.16 bits per heavy atom. The van der Waals surface area contributed by atoms with Crippen molar-refractivity contribution in [1.29, 1.82) is 0 Å². The van der Waals surface area contributed by atoms with Crippen LogP contribution in [0.15, 0.2) is 0 Å². The summed E-state index contributed by atoms with van der Waals surface area (Å²) >= 11 is 0. The van der Waals surface area contributed by atoms with Crippen molar-refractivity contribution in [2.24, 2.45) is 5.73 Å². The van der Waals surface area contributed by atoms with E-state index in [1.54, 1.807) is 4.90 Å². The number of hydrogen-bond donors (Lipinski definition) is 2. The number of carbonyl (C=O) groups excluding carboxylic acids is 1. The molecule has 1 atom stereocenters. The molecule has 2 aliphatic heterocycles. The van der Waals surface area contributed by atoms with Crippen LogP contribution in [0.2, 0.25) is 0 Å². The minimum atomic E-state index is -0.825. The Hall–Kier alpha value is -1.14. The highest BCUT2D eigenvalue weighted by Gasteiger charge is 2.31. The van der Waals surface area contributed by atoms with Crippen LogP contribution in [0.1, 0.15) is 32.1 Å². The van der Waals surface area contributed by atoms with E-state index in [4.69, 9.17) is 10.8 Å².